The zero-order valence-corrected chi connectivity index (χ0v) is 25.8. The number of amides is 1. The molecule has 2 aromatic rings. The van der Waals surface area contributed by atoms with Crippen LogP contribution in [0.1, 0.15) is 75.9 Å². The van der Waals surface area contributed by atoms with Crippen molar-refractivity contribution < 1.29 is 39.9 Å². The number of nitrogens with one attached hydrogen (secondary N) is 1. The zero-order chi connectivity index (χ0) is 31.7. The number of hydrogen-bond donors (Lipinski definition) is 1. The highest BCUT2D eigenvalue weighted by atomic mass is 35.5. The lowest BCUT2D eigenvalue weighted by Gasteiger charge is -2.39. The Bertz CT molecular complexity index is 1380. The van der Waals surface area contributed by atoms with Gasteiger partial charge in [0, 0.05) is 24.9 Å². The Morgan fingerprint density at radius 3 is 2.33 bits per heavy atom. The number of hydrogen-bond acceptors (Lipinski definition) is 5. The highest BCUT2D eigenvalue weighted by molar-refractivity contribution is 7.91. The van der Waals surface area contributed by atoms with E-state index in [2.05, 4.69) is 10.4 Å². The van der Waals surface area contributed by atoms with Crippen molar-refractivity contribution in [2.24, 2.45) is 10.8 Å². The fourth-order valence-electron chi connectivity index (χ4n) is 5.39. The van der Waals surface area contributed by atoms with Crippen molar-refractivity contribution >= 4 is 27.3 Å². The van der Waals surface area contributed by atoms with Gasteiger partial charge in [-0.1, -0.05) is 38.4 Å². The minimum atomic E-state index is -4.52. The first kappa shape index (κ1) is 34.1. The molecule has 0 radical (unpaired) electrons. The van der Waals surface area contributed by atoms with Gasteiger partial charge in [0.2, 0.25) is 0 Å². The number of aromatic nitrogens is 2. The van der Waals surface area contributed by atoms with E-state index in [1.807, 2.05) is 6.92 Å². The van der Waals surface area contributed by atoms with Crippen LogP contribution in [0.25, 0.3) is 11.3 Å². The average Bonchev–Trinajstić information content (AvgIpc) is 3.22. The second-order valence-electron chi connectivity index (χ2n) is 11.7. The lowest BCUT2D eigenvalue weighted by molar-refractivity contribution is -0.211. The summed E-state index contributed by atoms with van der Waals surface area (Å²) in [7, 11) is -3.15. The van der Waals surface area contributed by atoms with Gasteiger partial charge in [0.1, 0.15) is 15.6 Å². The van der Waals surface area contributed by atoms with Gasteiger partial charge in [-0.3, -0.25) is 9.48 Å². The maximum atomic E-state index is 13.5. The summed E-state index contributed by atoms with van der Waals surface area (Å²) in [6.07, 6.45) is -0.803. The van der Waals surface area contributed by atoms with E-state index in [1.165, 1.54) is 23.1 Å². The number of carbonyl (C=O) groups is 1. The molecule has 0 bridgehead atoms. The number of alkyl halides is 5. The maximum absolute atomic E-state index is 13.5. The minimum Gasteiger partial charge on any atom is -0.434 e. The summed E-state index contributed by atoms with van der Waals surface area (Å²) in [5.41, 5.74) is -2.27. The van der Waals surface area contributed by atoms with Crippen LogP contribution in [0.2, 0.25) is 5.02 Å². The van der Waals surface area contributed by atoms with Crippen LogP contribution in [0, 0.1) is 10.8 Å². The number of benzene rings is 1. The van der Waals surface area contributed by atoms with Crippen molar-refractivity contribution in [3.8, 4) is 17.0 Å². The Morgan fingerprint density at radius 1 is 1.21 bits per heavy atom. The average molecular weight is 642 g/mol. The Morgan fingerprint density at radius 2 is 1.83 bits per heavy atom. The molecule has 0 unspecified atom stereocenters. The van der Waals surface area contributed by atoms with Crippen LogP contribution in [0.5, 0.6) is 5.75 Å². The van der Waals surface area contributed by atoms with Crippen molar-refractivity contribution in [2.45, 2.75) is 90.8 Å². The van der Waals surface area contributed by atoms with Crippen LogP contribution in [-0.2, 0) is 22.8 Å². The predicted octanol–water partition coefficient (Wildman–Crippen LogP) is 7.07. The number of ether oxygens (including phenoxy) is 1. The molecular formula is C28H37ClF5N3O4S. The monoisotopic (exact) mass is 641 g/mol. The largest absolute Gasteiger partial charge is 0.434 e. The number of sulfone groups is 1. The molecule has 1 N–H and O–H groups in total. The van der Waals surface area contributed by atoms with E-state index in [4.69, 9.17) is 16.3 Å². The number of nitrogens with zero attached hydrogens (tertiary/aromatic N) is 2. The fraction of sp³-hybridized carbons (Fsp3) is 0.643. The third-order valence-electron chi connectivity index (χ3n) is 8.31. The quantitative estimate of drug-likeness (QED) is 0.265. The molecule has 1 aromatic heterocycles. The molecule has 0 spiro atoms. The molecule has 1 heterocycles. The predicted molar refractivity (Wildman–Crippen MR) is 151 cm³/mol. The van der Waals surface area contributed by atoms with Gasteiger partial charge in [-0.2, -0.15) is 27.1 Å². The second kappa shape index (κ2) is 12.7. The van der Waals surface area contributed by atoms with Crippen LogP contribution in [-0.4, -0.2) is 54.9 Å². The maximum Gasteiger partial charge on any atom is 0.394 e. The highest BCUT2D eigenvalue weighted by Crippen LogP contribution is 2.44. The molecule has 42 heavy (non-hydrogen) atoms. The normalized spacial score (nSPS) is 20.1. The lowest BCUT2D eigenvalue weighted by atomic mass is 9.72. The molecule has 3 rings (SSSR count). The van der Waals surface area contributed by atoms with Gasteiger partial charge >= 0.3 is 12.8 Å². The van der Waals surface area contributed by atoms with Gasteiger partial charge < -0.3 is 10.1 Å². The first-order valence-electron chi connectivity index (χ1n) is 13.7. The standard InChI is InChI=1S/C28H37ClF5N3O4S/c1-6-27(12-10-18(11-13-27)42(5,39)40)16-35-24(38)22-21(29)23(37(7-2)36-22)19-9-8-17(14-20(19)41-25(30)31)15-26(3,4)28(32,33)34/h8-9,14,18,25H,6-7,10-13,15-16H2,1-5H3,(H,35,38). The van der Waals surface area contributed by atoms with E-state index in [0.717, 1.165) is 26.3 Å². The molecular weight excluding hydrogens is 605 g/mol. The third kappa shape index (κ3) is 7.56. The summed E-state index contributed by atoms with van der Waals surface area (Å²) < 4.78 is 97.1. The topological polar surface area (TPSA) is 90.3 Å². The molecule has 236 valence electrons. The van der Waals surface area contributed by atoms with Gasteiger partial charge in [-0.25, -0.2) is 8.42 Å². The highest BCUT2D eigenvalue weighted by Gasteiger charge is 2.47. The molecule has 7 nitrogen and oxygen atoms in total. The van der Waals surface area contributed by atoms with Gasteiger partial charge in [-0.05, 0) is 68.6 Å². The first-order chi connectivity index (χ1) is 19.3. The molecule has 1 saturated carbocycles. The Kier molecular flexibility index (Phi) is 10.3. The van der Waals surface area contributed by atoms with Crippen LogP contribution >= 0.6 is 11.6 Å². The third-order valence-corrected chi connectivity index (χ3v) is 10.4. The Hall–Kier alpha value is -2.41. The summed E-state index contributed by atoms with van der Waals surface area (Å²) in [6, 6.07) is 3.83. The number of aryl methyl sites for hydroxylation is 1. The molecule has 0 aliphatic heterocycles. The van der Waals surface area contributed by atoms with E-state index >= 15 is 0 Å². The number of rotatable bonds is 11. The summed E-state index contributed by atoms with van der Waals surface area (Å²) in [5, 5.41) is 6.63. The van der Waals surface area contributed by atoms with Crippen molar-refractivity contribution in [3.05, 3.63) is 34.5 Å². The van der Waals surface area contributed by atoms with Gasteiger partial charge in [0.25, 0.3) is 5.91 Å². The SMILES string of the molecule is CCn1nc(C(=O)NCC2(CC)CCC(S(C)(=O)=O)CC2)c(Cl)c1-c1ccc(CC(C)(C)C(F)(F)F)cc1OC(F)F. The zero-order valence-electron chi connectivity index (χ0n) is 24.2. The van der Waals surface area contributed by atoms with Gasteiger partial charge in [0.15, 0.2) is 5.69 Å². The second-order valence-corrected chi connectivity index (χ2v) is 14.4. The molecule has 1 amide bonds. The van der Waals surface area contributed by atoms with E-state index in [0.29, 0.717) is 25.7 Å². The molecule has 1 aliphatic carbocycles. The Labute approximate surface area is 248 Å². The van der Waals surface area contributed by atoms with E-state index in [1.54, 1.807) is 6.92 Å². The van der Waals surface area contributed by atoms with Crippen molar-refractivity contribution in [1.82, 2.24) is 15.1 Å². The molecule has 0 atom stereocenters. The molecule has 1 aliphatic rings. The summed E-state index contributed by atoms with van der Waals surface area (Å²) in [6.45, 7) is 2.92. The molecule has 1 fully saturated rings. The smallest absolute Gasteiger partial charge is 0.394 e. The Balaban J connectivity index is 1.91. The summed E-state index contributed by atoms with van der Waals surface area (Å²) >= 11 is 6.61. The van der Waals surface area contributed by atoms with E-state index < -0.39 is 51.4 Å². The van der Waals surface area contributed by atoms with Crippen molar-refractivity contribution in [3.63, 3.8) is 0 Å². The summed E-state index contributed by atoms with van der Waals surface area (Å²) in [4.78, 5) is 13.2. The molecule has 1 aromatic carbocycles. The van der Waals surface area contributed by atoms with Crippen LogP contribution in [0.3, 0.4) is 0 Å². The van der Waals surface area contributed by atoms with Gasteiger partial charge in [0.05, 0.1) is 21.4 Å². The lowest BCUT2D eigenvalue weighted by Crippen LogP contribution is -2.42. The van der Waals surface area contributed by atoms with E-state index in [9.17, 15) is 35.2 Å². The van der Waals surface area contributed by atoms with Crippen LogP contribution in [0.4, 0.5) is 22.0 Å². The van der Waals surface area contributed by atoms with Crippen molar-refractivity contribution in [2.75, 3.05) is 12.8 Å². The minimum absolute atomic E-state index is 0.0476. The van der Waals surface area contributed by atoms with Gasteiger partial charge in [-0.15, -0.1) is 0 Å². The first-order valence-corrected chi connectivity index (χ1v) is 16.1. The van der Waals surface area contributed by atoms with Crippen LogP contribution < -0.4 is 10.1 Å². The van der Waals surface area contributed by atoms with Crippen molar-refractivity contribution in [1.29, 1.82) is 0 Å². The number of carbonyl (C=O) groups excluding carboxylic acids is 1. The molecule has 14 heteroatoms. The number of halogens is 6. The van der Waals surface area contributed by atoms with E-state index in [-0.39, 0.29) is 46.0 Å². The summed E-state index contributed by atoms with van der Waals surface area (Å²) in [5.74, 6) is -0.983. The molecule has 0 saturated heterocycles. The fourth-order valence-corrected chi connectivity index (χ4v) is 6.80. The van der Waals surface area contributed by atoms with Crippen LogP contribution in [0.15, 0.2) is 18.2 Å².